The standard InChI is InChI=1S/C48H34N2.C45H34N2.C42H30N2/c1-3-11-35(12-4-1)37-19-27-41(28-20-37)49(42-29-21-38(22-30-42)36-13-5-2-6-14-36)43-31-23-39(24-32-43)40-25-33-44(34-26-40)50-47-17-9-7-15-45(47)46-16-8-10-18-48(46)50;1-45(2)41-29-35(46(33-15-7-4-8-16-33)34-23-21-32(22-24-34)31-13-5-3-6-14-31)25-27-37(41)38-28-26-36(30-42(38)45)47-43-19-11-9-17-39(43)40-18-10-12-20-44(40)47;1-3-11-31(12-4-1)32-19-25-36(26-20-32)43(35-13-5-2-6-14-35)37-27-21-33(22-28-37)34-23-29-38(30-24-34)44-41-17-9-7-15-39(41)40-16-8-10-18-42(40)44/h1-34H;3-30H,1-2H3;1-30H. The number of anilines is 9. The van der Waals surface area contributed by atoms with Crippen molar-refractivity contribution in [2.24, 2.45) is 0 Å². The second kappa shape index (κ2) is 37.4. The molecule has 6 heteroatoms. The average Bonchev–Trinajstić information content (AvgIpc) is 1.57. The number of nitrogens with zero attached hydrogens (tertiary/aromatic N) is 6. The normalized spacial score (nSPS) is 11.8. The van der Waals surface area contributed by atoms with Crippen molar-refractivity contribution < 1.29 is 0 Å². The maximum atomic E-state index is 2.42. The molecule has 0 bridgehead atoms. The number of benzene rings is 22. The van der Waals surface area contributed by atoms with Gasteiger partial charge in [-0.15, -0.1) is 0 Å². The molecule has 25 aromatic rings. The van der Waals surface area contributed by atoms with Crippen LogP contribution in [0, 0.1) is 0 Å². The van der Waals surface area contributed by atoms with Crippen LogP contribution in [0.4, 0.5) is 51.2 Å². The van der Waals surface area contributed by atoms with Gasteiger partial charge < -0.3 is 28.4 Å². The molecule has 0 aliphatic heterocycles. The second-order valence-corrected chi connectivity index (χ2v) is 36.7. The van der Waals surface area contributed by atoms with E-state index in [0.717, 1.165) is 62.6 Å². The Bertz CT molecular complexity index is 8520. The van der Waals surface area contributed by atoms with Crippen LogP contribution in [0.25, 0.3) is 160 Å². The smallest absolute Gasteiger partial charge is 0.0541 e. The van der Waals surface area contributed by atoms with Crippen LogP contribution in [0.5, 0.6) is 0 Å². The van der Waals surface area contributed by atoms with Gasteiger partial charge in [0.25, 0.3) is 0 Å². The van der Waals surface area contributed by atoms with Gasteiger partial charge in [-0.05, 0) is 271 Å². The van der Waals surface area contributed by atoms with Crippen molar-refractivity contribution >= 4 is 117 Å². The summed E-state index contributed by atoms with van der Waals surface area (Å²) in [5.74, 6) is 0. The molecule has 22 aromatic carbocycles. The lowest BCUT2D eigenvalue weighted by Crippen LogP contribution is -2.17. The van der Waals surface area contributed by atoms with Crippen molar-refractivity contribution in [1.82, 2.24) is 13.7 Å². The van der Waals surface area contributed by atoms with Crippen LogP contribution in [-0.2, 0) is 5.41 Å². The van der Waals surface area contributed by atoms with E-state index in [-0.39, 0.29) is 5.41 Å². The van der Waals surface area contributed by atoms with E-state index in [2.05, 4.69) is 600 Å². The number of para-hydroxylation sites is 8. The average molecular weight is 1800 g/mol. The minimum atomic E-state index is -0.172. The Morgan fingerprint density at radius 3 is 0.567 bits per heavy atom. The highest BCUT2D eigenvalue weighted by atomic mass is 15.2. The largest absolute Gasteiger partial charge is 0.311 e. The Balaban J connectivity index is 0.000000115. The lowest BCUT2D eigenvalue weighted by Gasteiger charge is -2.28. The van der Waals surface area contributed by atoms with Crippen molar-refractivity contribution in [2.45, 2.75) is 19.3 Å². The minimum Gasteiger partial charge on any atom is -0.311 e. The van der Waals surface area contributed by atoms with Gasteiger partial charge in [0.15, 0.2) is 0 Å². The predicted octanol–water partition coefficient (Wildman–Crippen LogP) is 37.1. The summed E-state index contributed by atoms with van der Waals surface area (Å²) in [5.41, 5.74) is 40.7. The predicted molar refractivity (Wildman–Crippen MR) is 597 cm³/mol. The number of fused-ring (bicyclic) bond motifs is 12. The van der Waals surface area contributed by atoms with E-state index in [1.807, 2.05) is 0 Å². The first-order valence-corrected chi connectivity index (χ1v) is 48.5. The Labute approximate surface area is 822 Å². The van der Waals surface area contributed by atoms with E-state index < -0.39 is 0 Å². The molecule has 0 atom stereocenters. The maximum absolute atomic E-state index is 2.42. The van der Waals surface area contributed by atoms with E-state index in [1.165, 1.54) is 160 Å². The molecule has 3 aromatic heterocycles. The molecule has 26 rings (SSSR count). The quantitative estimate of drug-likeness (QED) is 0.0856. The highest BCUT2D eigenvalue weighted by molar-refractivity contribution is 6.12. The van der Waals surface area contributed by atoms with Crippen LogP contribution in [0.3, 0.4) is 0 Å². The molecule has 0 amide bonds. The van der Waals surface area contributed by atoms with Crippen LogP contribution >= 0.6 is 0 Å². The molecule has 1 aliphatic carbocycles. The first-order valence-electron chi connectivity index (χ1n) is 48.5. The monoisotopic (exact) mass is 1800 g/mol. The van der Waals surface area contributed by atoms with Gasteiger partial charge in [-0.25, -0.2) is 0 Å². The summed E-state index contributed by atoms with van der Waals surface area (Å²) in [6, 6.07) is 201. The first-order chi connectivity index (χ1) is 69.7. The zero-order chi connectivity index (χ0) is 94.1. The van der Waals surface area contributed by atoms with Gasteiger partial charge in [-0.3, -0.25) is 0 Å². The van der Waals surface area contributed by atoms with Crippen molar-refractivity contribution in [2.75, 3.05) is 14.7 Å². The summed E-state index contributed by atoms with van der Waals surface area (Å²) in [5, 5.41) is 7.68. The number of hydrogen-bond donors (Lipinski definition) is 0. The van der Waals surface area contributed by atoms with E-state index >= 15 is 0 Å². The second-order valence-electron chi connectivity index (χ2n) is 36.7. The number of rotatable bonds is 18. The summed E-state index contributed by atoms with van der Waals surface area (Å²) in [7, 11) is 0. The molecule has 0 radical (unpaired) electrons. The van der Waals surface area contributed by atoms with Crippen molar-refractivity contribution in [3.05, 3.63) is 569 Å². The Hall–Kier alpha value is -18.4. The molecule has 0 fully saturated rings. The fourth-order valence-corrected chi connectivity index (χ4v) is 21.0. The van der Waals surface area contributed by atoms with Crippen LogP contribution in [-0.4, -0.2) is 13.7 Å². The van der Waals surface area contributed by atoms with Gasteiger partial charge in [-0.2, -0.15) is 0 Å². The summed E-state index contributed by atoms with van der Waals surface area (Å²) < 4.78 is 7.14. The fourth-order valence-electron chi connectivity index (χ4n) is 21.0. The lowest BCUT2D eigenvalue weighted by molar-refractivity contribution is 0.660. The molecule has 0 N–H and O–H groups in total. The zero-order valence-corrected chi connectivity index (χ0v) is 78.3. The van der Waals surface area contributed by atoms with Gasteiger partial charge in [0.05, 0.1) is 33.1 Å². The zero-order valence-electron chi connectivity index (χ0n) is 78.3. The van der Waals surface area contributed by atoms with Crippen molar-refractivity contribution in [3.63, 3.8) is 0 Å². The number of aromatic nitrogens is 3. The van der Waals surface area contributed by atoms with E-state index in [1.54, 1.807) is 0 Å². The van der Waals surface area contributed by atoms with Gasteiger partial charge in [-0.1, -0.05) is 390 Å². The van der Waals surface area contributed by atoms with Crippen LogP contribution in [0.2, 0.25) is 0 Å². The molecule has 0 spiro atoms. The topological polar surface area (TPSA) is 24.5 Å². The first kappa shape index (κ1) is 85.6. The van der Waals surface area contributed by atoms with Crippen LogP contribution in [0.15, 0.2) is 558 Å². The molecule has 0 saturated heterocycles. The Morgan fingerprint density at radius 1 is 0.142 bits per heavy atom. The highest BCUT2D eigenvalue weighted by Crippen LogP contribution is 2.53. The van der Waals surface area contributed by atoms with E-state index in [4.69, 9.17) is 0 Å². The molecule has 1 aliphatic rings. The molecule has 0 saturated carbocycles. The van der Waals surface area contributed by atoms with Gasteiger partial charge in [0.1, 0.15) is 0 Å². The molecule has 141 heavy (non-hydrogen) atoms. The molecule has 3 heterocycles. The Kier molecular flexibility index (Phi) is 22.7. The molecular weight excluding hydrogens is 1710 g/mol. The van der Waals surface area contributed by atoms with E-state index in [9.17, 15) is 0 Å². The van der Waals surface area contributed by atoms with Crippen molar-refractivity contribution in [3.8, 4) is 95.0 Å². The van der Waals surface area contributed by atoms with Gasteiger partial charge in [0.2, 0.25) is 0 Å². The SMILES string of the molecule is CC1(C)c2cc(N(c3ccccc3)c3ccc(-c4ccccc4)cc3)ccc2-c2ccc(-n3c4ccccc4c4ccccc43)cc21.c1ccc(-c2ccc(N(c3ccc(-c4ccccc4)cc3)c3ccc(-c4ccc(-n5c6ccccc6c6ccccc65)cc4)cc3)cc2)cc1.c1ccc(-c2ccc(N(c3ccccc3)c3ccc(-c4ccc(-n5c6ccccc6c6ccccc65)cc4)cc3)cc2)cc1. The van der Waals surface area contributed by atoms with Gasteiger partial charge in [0, 0.05) is 106 Å². The maximum Gasteiger partial charge on any atom is 0.0541 e. The highest BCUT2D eigenvalue weighted by Gasteiger charge is 2.37. The van der Waals surface area contributed by atoms with Crippen molar-refractivity contribution in [1.29, 1.82) is 0 Å². The molecule has 6 nitrogen and oxygen atoms in total. The lowest BCUT2D eigenvalue weighted by atomic mass is 9.82. The summed E-state index contributed by atoms with van der Waals surface area (Å²) in [6.07, 6.45) is 0. The summed E-state index contributed by atoms with van der Waals surface area (Å²) in [4.78, 5) is 7.01. The Morgan fingerprint density at radius 2 is 0.312 bits per heavy atom. The summed E-state index contributed by atoms with van der Waals surface area (Å²) in [6.45, 7) is 4.75. The van der Waals surface area contributed by atoms with Crippen LogP contribution < -0.4 is 14.7 Å². The van der Waals surface area contributed by atoms with E-state index in [0.29, 0.717) is 0 Å². The number of hydrogen-bond acceptors (Lipinski definition) is 3. The summed E-state index contributed by atoms with van der Waals surface area (Å²) >= 11 is 0. The fraction of sp³-hybridized carbons (Fsp3) is 0.0222. The molecule has 0 unspecified atom stereocenters. The molecule has 668 valence electrons. The third-order valence-electron chi connectivity index (χ3n) is 28.0. The third kappa shape index (κ3) is 16.4. The molecular formula is C135H98N6. The third-order valence-corrected chi connectivity index (χ3v) is 28.0. The van der Waals surface area contributed by atoms with Crippen LogP contribution in [0.1, 0.15) is 25.0 Å². The van der Waals surface area contributed by atoms with Gasteiger partial charge >= 0.3 is 0 Å². The minimum absolute atomic E-state index is 0.172.